The van der Waals surface area contributed by atoms with Gasteiger partial charge in [0.25, 0.3) is 0 Å². The van der Waals surface area contributed by atoms with E-state index in [9.17, 15) is 0 Å². The molecule has 0 saturated heterocycles. The summed E-state index contributed by atoms with van der Waals surface area (Å²) in [5, 5.41) is 1.02. The number of nitrogens with zero attached hydrogens (tertiary/aromatic N) is 2. The summed E-state index contributed by atoms with van der Waals surface area (Å²) in [6.07, 6.45) is 4.33. The molecular formula is C14H15ClN2O3S. The maximum atomic E-state index is 6.18. The smallest absolute Gasteiger partial charge is 0.204 e. The minimum atomic E-state index is 0.0504. The lowest BCUT2D eigenvalue weighted by Gasteiger charge is -2.24. The van der Waals surface area contributed by atoms with Gasteiger partial charge in [0.2, 0.25) is 5.75 Å². The van der Waals surface area contributed by atoms with Crippen LogP contribution < -0.4 is 14.2 Å². The van der Waals surface area contributed by atoms with Crippen LogP contribution in [-0.2, 0) is 0 Å². The summed E-state index contributed by atoms with van der Waals surface area (Å²) in [5.74, 6) is 1.78. The first-order valence-electron chi connectivity index (χ1n) is 6.66. The van der Waals surface area contributed by atoms with Crippen LogP contribution >= 0.6 is 23.4 Å². The van der Waals surface area contributed by atoms with Crippen LogP contribution in [0.3, 0.4) is 0 Å². The predicted molar refractivity (Wildman–Crippen MR) is 83.8 cm³/mol. The van der Waals surface area contributed by atoms with Gasteiger partial charge in [0, 0.05) is 6.07 Å². The second-order valence-electron chi connectivity index (χ2n) is 4.48. The predicted octanol–water partition coefficient (Wildman–Crippen LogP) is 3.53. The van der Waals surface area contributed by atoms with Crippen molar-refractivity contribution in [3.8, 4) is 17.2 Å². The summed E-state index contributed by atoms with van der Waals surface area (Å²) in [7, 11) is 0. The van der Waals surface area contributed by atoms with E-state index in [2.05, 4.69) is 16.9 Å². The van der Waals surface area contributed by atoms with E-state index in [4.69, 9.17) is 25.8 Å². The van der Waals surface area contributed by atoms with Crippen molar-refractivity contribution >= 4 is 34.3 Å². The van der Waals surface area contributed by atoms with Crippen molar-refractivity contribution in [2.45, 2.75) is 18.8 Å². The van der Waals surface area contributed by atoms with Crippen molar-refractivity contribution in [1.82, 2.24) is 9.97 Å². The van der Waals surface area contributed by atoms with Crippen LogP contribution in [-0.4, -0.2) is 34.9 Å². The Bertz CT molecular complexity index is 664. The van der Waals surface area contributed by atoms with Crippen molar-refractivity contribution in [1.29, 1.82) is 0 Å². The standard InChI is InChI=1S/C14H15ClN2O3S/c1-3-10(21-2)20-9-6-8-11(14(15)17-7-16-8)13-12(9)18-4-5-19-13/h6-7,10H,3-5H2,1-2H3. The van der Waals surface area contributed by atoms with Crippen molar-refractivity contribution in [2.24, 2.45) is 0 Å². The third-order valence-corrected chi connectivity index (χ3v) is 4.43. The molecule has 0 aliphatic carbocycles. The molecule has 1 aliphatic heterocycles. The van der Waals surface area contributed by atoms with Crippen LogP contribution in [0, 0.1) is 0 Å². The van der Waals surface area contributed by atoms with Crippen molar-refractivity contribution in [3.63, 3.8) is 0 Å². The number of hydrogen-bond donors (Lipinski definition) is 0. The van der Waals surface area contributed by atoms with Gasteiger partial charge in [0.1, 0.15) is 30.1 Å². The maximum absolute atomic E-state index is 6.18. The van der Waals surface area contributed by atoms with Gasteiger partial charge in [-0.15, -0.1) is 11.8 Å². The molecule has 0 radical (unpaired) electrons. The fourth-order valence-corrected chi connectivity index (χ4v) is 2.96. The fourth-order valence-electron chi connectivity index (χ4n) is 2.20. The Labute approximate surface area is 132 Å². The number of ether oxygens (including phenoxy) is 3. The van der Waals surface area contributed by atoms with E-state index in [0.29, 0.717) is 46.5 Å². The summed E-state index contributed by atoms with van der Waals surface area (Å²) in [6, 6.07) is 1.83. The number of hydrogen-bond acceptors (Lipinski definition) is 6. The highest BCUT2D eigenvalue weighted by molar-refractivity contribution is 7.99. The number of aromatic nitrogens is 2. The normalized spacial score (nSPS) is 15.0. The molecule has 1 atom stereocenters. The Hall–Kier alpha value is -1.40. The highest BCUT2D eigenvalue weighted by atomic mass is 35.5. The van der Waals surface area contributed by atoms with Gasteiger partial charge < -0.3 is 14.2 Å². The molecule has 0 amide bonds. The summed E-state index contributed by atoms with van der Waals surface area (Å²) >= 11 is 7.82. The average molecular weight is 327 g/mol. The Kier molecular flexibility index (Phi) is 4.26. The van der Waals surface area contributed by atoms with E-state index < -0.39 is 0 Å². The molecule has 5 nitrogen and oxygen atoms in total. The molecule has 1 aromatic heterocycles. The van der Waals surface area contributed by atoms with Crippen LogP contribution in [0.5, 0.6) is 17.2 Å². The van der Waals surface area contributed by atoms with E-state index in [1.165, 1.54) is 6.33 Å². The minimum absolute atomic E-state index is 0.0504. The number of thioether (sulfide) groups is 1. The quantitative estimate of drug-likeness (QED) is 0.633. The van der Waals surface area contributed by atoms with E-state index >= 15 is 0 Å². The molecule has 0 N–H and O–H groups in total. The Balaban J connectivity index is 2.16. The molecule has 0 fully saturated rings. The summed E-state index contributed by atoms with van der Waals surface area (Å²) in [6.45, 7) is 3.03. The summed E-state index contributed by atoms with van der Waals surface area (Å²) in [5.41, 5.74) is 0.736. The van der Waals surface area contributed by atoms with Gasteiger partial charge in [-0.2, -0.15) is 0 Å². The van der Waals surface area contributed by atoms with E-state index in [0.717, 1.165) is 6.42 Å². The molecule has 2 heterocycles. The number of benzene rings is 1. The topological polar surface area (TPSA) is 53.5 Å². The van der Waals surface area contributed by atoms with Gasteiger partial charge in [0.15, 0.2) is 11.5 Å². The summed E-state index contributed by atoms with van der Waals surface area (Å²) < 4.78 is 17.5. The van der Waals surface area contributed by atoms with Gasteiger partial charge in [-0.1, -0.05) is 18.5 Å². The maximum Gasteiger partial charge on any atom is 0.204 e. The first-order chi connectivity index (χ1) is 10.2. The fraction of sp³-hybridized carbons (Fsp3) is 0.429. The van der Waals surface area contributed by atoms with Gasteiger partial charge in [-0.25, -0.2) is 9.97 Å². The molecule has 7 heteroatoms. The molecule has 0 saturated carbocycles. The average Bonchev–Trinajstić information content (AvgIpc) is 2.52. The van der Waals surface area contributed by atoms with E-state index in [1.54, 1.807) is 11.8 Å². The van der Waals surface area contributed by atoms with Gasteiger partial charge in [0.05, 0.1) is 10.9 Å². The Morgan fingerprint density at radius 2 is 2.10 bits per heavy atom. The summed E-state index contributed by atoms with van der Waals surface area (Å²) in [4.78, 5) is 8.26. The van der Waals surface area contributed by atoms with Crippen LogP contribution in [0.2, 0.25) is 5.15 Å². The molecule has 1 aromatic carbocycles. The molecule has 1 unspecified atom stereocenters. The Morgan fingerprint density at radius 1 is 1.33 bits per heavy atom. The third-order valence-electron chi connectivity index (χ3n) is 3.19. The van der Waals surface area contributed by atoms with Gasteiger partial charge in [-0.05, 0) is 12.7 Å². The van der Waals surface area contributed by atoms with Crippen LogP contribution in [0.25, 0.3) is 10.9 Å². The first-order valence-corrected chi connectivity index (χ1v) is 8.33. The lowest BCUT2D eigenvalue weighted by Crippen LogP contribution is -2.18. The molecule has 2 aromatic rings. The zero-order valence-corrected chi connectivity index (χ0v) is 13.3. The van der Waals surface area contributed by atoms with Gasteiger partial charge in [-0.3, -0.25) is 0 Å². The highest BCUT2D eigenvalue weighted by Crippen LogP contribution is 2.47. The second kappa shape index (κ2) is 6.15. The third kappa shape index (κ3) is 2.70. The lowest BCUT2D eigenvalue weighted by atomic mass is 10.2. The van der Waals surface area contributed by atoms with Gasteiger partial charge >= 0.3 is 0 Å². The number of halogens is 1. The second-order valence-corrected chi connectivity index (χ2v) is 5.84. The molecule has 21 heavy (non-hydrogen) atoms. The molecule has 1 aliphatic rings. The van der Waals surface area contributed by atoms with E-state index in [-0.39, 0.29) is 5.44 Å². The Morgan fingerprint density at radius 3 is 2.81 bits per heavy atom. The zero-order valence-electron chi connectivity index (χ0n) is 11.8. The molecular weight excluding hydrogens is 312 g/mol. The van der Waals surface area contributed by atoms with E-state index in [1.807, 2.05) is 12.3 Å². The molecule has 0 spiro atoms. The molecule has 3 rings (SSSR count). The highest BCUT2D eigenvalue weighted by Gasteiger charge is 2.25. The number of fused-ring (bicyclic) bond motifs is 3. The minimum Gasteiger partial charge on any atom is -0.485 e. The lowest BCUT2D eigenvalue weighted by molar-refractivity contribution is 0.162. The zero-order chi connectivity index (χ0) is 14.8. The molecule has 112 valence electrons. The van der Waals surface area contributed by atoms with Crippen molar-refractivity contribution < 1.29 is 14.2 Å². The van der Waals surface area contributed by atoms with Crippen LogP contribution in [0.1, 0.15) is 13.3 Å². The largest absolute Gasteiger partial charge is 0.485 e. The van der Waals surface area contributed by atoms with Crippen LogP contribution in [0.15, 0.2) is 12.4 Å². The van der Waals surface area contributed by atoms with Crippen molar-refractivity contribution in [3.05, 3.63) is 17.5 Å². The monoisotopic (exact) mass is 326 g/mol. The SMILES string of the molecule is CCC(Oc1cc2ncnc(Cl)c2c2c1OCCO2)SC. The first kappa shape index (κ1) is 14.5. The molecule has 0 bridgehead atoms. The van der Waals surface area contributed by atoms with Crippen LogP contribution in [0.4, 0.5) is 0 Å². The number of rotatable bonds is 4. The van der Waals surface area contributed by atoms with Crippen molar-refractivity contribution in [2.75, 3.05) is 19.5 Å².